The highest BCUT2D eigenvalue weighted by Gasteiger charge is 2.18. The largest absolute Gasteiger partial charge is 0.377 e. The van der Waals surface area contributed by atoms with Crippen LogP contribution in [0.3, 0.4) is 0 Å². The Morgan fingerprint density at radius 2 is 2.31 bits per heavy atom. The first kappa shape index (κ1) is 12.9. The van der Waals surface area contributed by atoms with Gasteiger partial charge in [-0.3, -0.25) is 9.78 Å². The van der Waals surface area contributed by atoms with Crippen LogP contribution in [-0.2, 0) is 4.74 Å². The predicted octanol–water partition coefficient (Wildman–Crippen LogP) is 1.89. The number of hydrogen-bond donors (Lipinski definition) is 1. The zero-order chi connectivity index (χ0) is 12.2. The SMILES string of the molecule is COC(C)(C)CNC(=O)c1cc(Cl)ccn1. The van der Waals surface area contributed by atoms with Gasteiger partial charge in [0.1, 0.15) is 5.69 Å². The third-order valence-corrected chi connectivity index (χ3v) is 2.42. The molecule has 0 radical (unpaired) electrons. The van der Waals surface area contributed by atoms with Gasteiger partial charge in [-0.25, -0.2) is 0 Å². The number of halogens is 1. The second kappa shape index (κ2) is 5.27. The van der Waals surface area contributed by atoms with E-state index in [0.29, 0.717) is 17.3 Å². The Labute approximate surface area is 100.0 Å². The minimum absolute atomic E-state index is 0.257. The average molecular weight is 243 g/mol. The van der Waals surface area contributed by atoms with E-state index in [4.69, 9.17) is 16.3 Å². The molecule has 0 aliphatic rings. The van der Waals surface area contributed by atoms with Gasteiger partial charge >= 0.3 is 0 Å². The fourth-order valence-electron chi connectivity index (χ4n) is 0.985. The number of pyridine rings is 1. The highest BCUT2D eigenvalue weighted by molar-refractivity contribution is 6.30. The van der Waals surface area contributed by atoms with Gasteiger partial charge in [-0.15, -0.1) is 0 Å². The van der Waals surface area contributed by atoms with Gasteiger partial charge in [0.25, 0.3) is 5.91 Å². The lowest BCUT2D eigenvalue weighted by Gasteiger charge is -2.22. The van der Waals surface area contributed by atoms with Gasteiger partial charge in [0, 0.05) is 24.9 Å². The first-order valence-electron chi connectivity index (χ1n) is 4.89. The second-order valence-electron chi connectivity index (χ2n) is 4.01. The molecule has 0 unspecified atom stereocenters. The van der Waals surface area contributed by atoms with Crippen LogP contribution in [0, 0.1) is 0 Å². The quantitative estimate of drug-likeness (QED) is 0.877. The number of methoxy groups -OCH3 is 1. The summed E-state index contributed by atoms with van der Waals surface area (Å²) in [6.07, 6.45) is 1.50. The first-order valence-corrected chi connectivity index (χ1v) is 5.27. The Hall–Kier alpha value is -1.13. The summed E-state index contributed by atoms with van der Waals surface area (Å²) in [5, 5.41) is 3.22. The van der Waals surface area contributed by atoms with Crippen molar-refractivity contribution in [2.75, 3.05) is 13.7 Å². The van der Waals surface area contributed by atoms with Crippen molar-refractivity contribution >= 4 is 17.5 Å². The highest BCUT2D eigenvalue weighted by atomic mass is 35.5. The molecule has 1 rings (SSSR count). The molecule has 1 aromatic heterocycles. The molecule has 0 spiro atoms. The van der Waals surface area contributed by atoms with E-state index < -0.39 is 5.60 Å². The van der Waals surface area contributed by atoms with Crippen molar-refractivity contribution in [1.82, 2.24) is 10.3 Å². The van der Waals surface area contributed by atoms with E-state index in [1.807, 2.05) is 13.8 Å². The molecule has 0 bridgehead atoms. The molecule has 1 aromatic rings. The minimum atomic E-state index is -0.395. The molecule has 0 saturated heterocycles. The third kappa shape index (κ3) is 3.79. The van der Waals surface area contributed by atoms with E-state index in [0.717, 1.165) is 0 Å². The fraction of sp³-hybridized carbons (Fsp3) is 0.455. The van der Waals surface area contributed by atoms with Crippen molar-refractivity contribution < 1.29 is 9.53 Å². The zero-order valence-corrected chi connectivity index (χ0v) is 10.3. The Balaban J connectivity index is 2.60. The number of carbonyl (C=O) groups is 1. The maximum atomic E-state index is 11.7. The van der Waals surface area contributed by atoms with Gasteiger partial charge in [-0.2, -0.15) is 0 Å². The number of rotatable bonds is 4. The number of ether oxygens (including phenoxy) is 1. The molecule has 1 heterocycles. The number of nitrogens with zero attached hydrogens (tertiary/aromatic N) is 1. The summed E-state index contributed by atoms with van der Waals surface area (Å²) in [6, 6.07) is 3.15. The number of carbonyl (C=O) groups excluding carboxylic acids is 1. The first-order chi connectivity index (χ1) is 7.44. The van der Waals surface area contributed by atoms with Gasteiger partial charge in [-0.1, -0.05) is 11.6 Å². The molecule has 0 fully saturated rings. The fourth-order valence-corrected chi connectivity index (χ4v) is 1.14. The molecule has 4 nitrogen and oxygen atoms in total. The molecule has 0 aliphatic carbocycles. The molecule has 5 heteroatoms. The van der Waals surface area contributed by atoms with Crippen LogP contribution in [0.4, 0.5) is 0 Å². The molecule has 0 atom stereocenters. The van der Waals surface area contributed by atoms with Crippen molar-refractivity contribution in [3.8, 4) is 0 Å². The second-order valence-corrected chi connectivity index (χ2v) is 4.44. The van der Waals surface area contributed by atoms with Crippen LogP contribution in [0.25, 0.3) is 0 Å². The third-order valence-electron chi connectivity index (χ3n) is 2.18. The van der Waals surface area contributed by atoms with E-state index in [2.05, 4.69) is 10.3 Å². The smallest absolute Gasteiger partial charge is 0.270 e. The number of aromatic nitrogens is 1. The molecule has 88 valence electrons. The van der Waals surface area contributed by atoms with Crippen molar-refractivity contribution in [3.05, 3.63) is 29.0 Å². The lowest BCUT2D eigenvalue weighted by molar-refractivity contribution is 0.0228. The van der Waals surface area contributed by atoms with Crippen LogP contribution < -0.4 is 5.32 Å². The molecule has 1 amide bonds. The highest BCUT2D eigenvalue weighted by Crippen LogP contribution is 2.09. The molecule has 16 heavy (non-hydrogen) atoms. The Morgan fingerprint density at radius 3 is 2.88 bits per heavy atom. The van der Waals surface area contributed by atoms with Crippen molar-refractivity contribution in [3.63, 3.8) is 0 Å². The van der Waals surface area contributed by atoms with Crippen LogP contribution in [0.5, 0.6) is 0 Å². The van der Waals surface area contributed by atoms with Crippen LogP contribution in [-0.4, -0.2) is 30.1 Å². The molecule has 0 aromatic carbocycles. The predicted molar refractivity (Wildman–Crippen MR) is 62.7 cm³/mol. The number of amides is 1. The normalized spacial score (nSPS) is 11.2. The molecule has 0 aliphatic heterocycles. The summed E-state index contributed by atoms with van der Waals surface area (Å²) in [7, 11) is 1.60. The summed E-state index contributed by atoms with van der Waals surface area (Å²) in [4.78, 5) is 15.6. The number of hydrogen-bond acceptors (Lipinski definition) is 3. The maximum absolute atomic E-state index is 11.7. The summed E-state index contributed by atoms with van der Waals surface area (Å²) >= 11 is 5.76. The monoisotopic (exact) mass is 242 g/mol. The van der Waals surface area contributed by atoms with Crippen LogP contribution in [0.1, 0.15) is 24.3 Å². The summed E-state index contributed by atoms with van der Waals surface area (Å²) in [6.45, 7) is 4.19. The summed E-state index contributed by atoms with van der Waals surface area (Å²) < 4.78 is 5.19. The van der Waals surface area contributed by atoms with Crippen molar-refractivity contribution in [1.29, 1.82) is 0 Å². The summed E-state index contributed by atoms with van der Waals surface area (Å²) in [5.74, 6) is -0.257. The van der Waals surface area contributed by atoms with Gasteiger partial charge in [0.15, 0.2) is 0 Å². The molecule has 1 N–H and O–H groups in total. The minimum Gasteiger partial charge on any atom is -0.377 e. The maximum Gasteiger partial charge on any atom is 0.270 e. The van der Waals surface area contributed by atoms with Gasteiger partial charge < -0.3 is 10.1 Å². The number of nitrogens with one attached hydrogen (secondary N) is 1. The van der Waals surface area contributed by atoms with Gasteiger partial charge in [0.05, 0.1) is 5.60 Å². The van der Waals surface area contributed by atoms with Gasteiger partial charge in [-0.05, 0) is 26.0 Å². The van der Waals surface area contributed by atoms with E-state index in [1.165, 1.54) is 12.3 Å². The van der Waals surface area contributed by atoms with E-state index >= 15 is 0 Å². The average Bonchev–Trinajstić information content (AvgIpc) is 2.26. The molecular weight excluding hydrogens is 228 g/mol. The van der Waals surface area contributed by atoms with Gasteiger partial charge in [0.2, 0.25) is 0 Å². The summed E-state index contributed by atoms with van der Waals surface area (Å²) in [5.41, 5.74) is -0.0896. The zero-order valence-electron chi connectivity index (χ0n) is 9.58. The molecule has 0 saturated carbocycles. The standard InChI is InChI=1S/C11H15ClN2O2/c1-11(2,16-3)7-14-10(15)9-6-8(12)4-5-13-9/h4-6H,7H2,1-3H3,(H,14,15). The Kier molecular flexibility index (Phi) is 4.26. The topological polar surface area (TPSA) is 51.2 Å². The van der Waals surface area contributed by atoms with E-state index in [9.17, 15) is 4.79 Å². The Morgan fingerprint density at radius 1 is 1.62 bits per heavy atom. The van der Waals surface area contributed by atoms with E-state index in [-0.39, 0.29) is 5.91 Å². The van der Waals surface area contributed by atoms with Crippen LogP contribution >= 0.6 is 11.6 Å². The van der Waals surface area contributed by atoms with Crippen LogP contribution in [0.15, 0.2) is 18.3 Å². The Bertz CT molecular complexity index is 380. The molecular formula is C11H15ClN2O2. The van der Waals surface area contributed by atoms with Crippen LogP contribution in [0.2, 0.25) is 5.02 Å². The van der Waals surface area contributed by atoms with Crippen molar-refractivity contribution in [2.45, 2.75) is 19.4 Å². The lowest BCUT2D eigenvalue weighted by Crippen LogP contribution is -2.39. The van der Waals surface area contributed by atoms with Crippen molar-refractivity contribution in [2.24, 2.45) is 0 Å². The van der Waals surface area contributed by atoms with E-state index in [1.54, 1.807) is 13.2 Å². The lowest BCUT2D eigenvalue weighted by atomic mass is 10.1.